The monoisotopic (exact) mass is 334 g/mol. The SMILES string of the molecule is CN=C(NCC(=O)NC(C)(C)C)NCC1COc2ccccc2O1. The molecule has 7 nitrogen and oxygen atoms in total. The summed E-state index contributed by atoms with van der Waals surface area (Å²) in [6.07, 6.45) is -0.123. The first kappa shape index (κ1) is 17.9. The second-order valence-corrected chi connectivity index (χ2v) is 6.60. The molecule has 0 saturated carbocycles. The van der Waals surface area contributed by atoms with Crippen molar-refractivity contribution in [1.82, 2.24) is 16.0 Å². The lowest BCUT2D eigenvalue weighted by atomic mass is 10.1. The smallest absolute Gasteiger partial charge is 0.239 e. The predicted molar refractivity (Wildman–Crippen MR) is 93.6 cm³/mol. The van der Waals surface area contributed by atoms with Gasteiger partial charge < -0.3 is 25.4 Å². The van der Waals surface area contributed by atoms with Crippen LogP contribution in [0.15, 0.2) is 29.3 Å². The van der Waals surface area contributed by atoms with Crippen molar-refractivity contribution in [3.05, 3.63) is 24.3 Å². The van der Waals surface area contributed by atoms with Gasteiger partial charge in [0.15, 0.2) is 17.5 Å². The zero-order valence-corrected chi connectivity index (χ0v) is 14.7. The van der Waals surface area contributed by atoms with Crippen molar-refractivity contribution in [3.63, 3.8) is 0 Å². The summed E-state index contributed by atoms with van der Waals surface area (Å²) >= 11 is 0. The van der Waals surface area contributed by atoms with Crippen LogP contribution in [0.3, 0.4) is 0 Å². The van der Waals surface area contributed by atoms with Gasteiger partial charge in [-0.15, -0.1) is 0 Å². The van der Waals surface area contributed by atoms with E-state index >= 15 is 0 Å². The van der Waals surface area contributed by atoms with Crippen molar-refractivity contribution in [3.8, 4) is 11.5 Å². The third kappa shape index (κ3) is 5.64. The molecule has 0 aliphatic carbocycles. The molecule has 0 aromatic heterocycles. The van der Waals surface area contributed by atoms with Gasteiger partial charge in [0.2, 0.25) is 5.91 Å². The quantitative estimate of drug-likeness (QED) is 0.563. The molecule has 1 aromatic rings. The topological polar surface area (TPSA) is 84.0 Å². The van der Waals surface area contributed by atoms with E-state index in [1.165, 1.54) is 0 Å². The molecule has 132 valence electrons. The fourth-order valence-corrected chi connectivity index (χ4v) is 2.22. The molecule has 3 N–H and O–H groups in total. The number of fused-ring (bicyclic) bond motifs is 1. The summed E-state index contributed by atoms with van der Waals surface area (Å²) in [5.74, 6) is 1.95. The number of amides is 1. The molecule has 1 aliphatic heterocycles. The number of carbonyl (C=O) groups is 1. The number of carbonyl (C=O) groups excluding carboxylic acids is 1. The molecule has 1 heterocycles. The second kappa shape index (κ2) is 7.90. The van der Waals surface area contributed by atoms with Gasteiger partial charge in [0.25, 0.3) is 0 Å². The van der Waals surface area contributed by atoms with Crippen molar-refractivity contribution in [2.45, 2.75) is 32.4 Å². The van der Waals surface area contributed by atoms with Gasteiger partial charge in [-0.1, -0.05) is 12.1 Å². The standard InChI is InChI=1S/C17H26N4O3/c1-17(2,3)21-15(22)10-20-16(18-4)19-9-12-11-23-13-7-5-6-8-14(13)24-12/h5-8,12H,9-11H2,1-4H3,(H,21,22)(H2,18,19,20). The number of guanidine groups is 1. The number of hydrogen-bond donors (Lipinski definition) is 3. The summed E-state index contributed by atoms with van der Waals surface area (Å²) in [5.41, 5.74) is -0.254. The van der Waals surface area contributed by atoms with Gasteiger partial charge in [-0.25, -0.2) is 0 Å². The summed E-state index contributed by atoms with van der Waals surface area (Å²) in [6, 6.07) is 7.58. The van der Waals surface area contributed by atoms with Crippen LogP contribution in [0.5, 0.6) is 11.5 Å². The molecule has 7 heteroatoms. The van der Waals surface area contributed by atoms with Gasteiger partial charge in [-0.05, 0) is 32.9 Å². The molecule has 24 heavy (non-hydrogen) atoms. The van der Waals surface area contributed by atoms with Gasteiger partial charge in [0.1, 0.15) is 12.7 Å². The molecule has 1 aliphatic rings. The van der Waals surface area contributed by atoms with Gasteiger partial charge in [-0.2, -0.15) is 0 Å². The van der Waals surface area contributed by atoms with Crippen LogP contribution in [0.1, 0.15) is 20.8 Å². The lowest BCUT2D eigenvalue weighted by Gasteiger charge is -2.27. The Bertz CT molecular complexity index is 596. The largest absolute Gasteiger partial charge is 0.486 e. The van der Waals surface area contributed by atoms with Crippen molar-refractivity contribution in [2.75, 3.05) is 26.7 Å². The Morgan fingerprint density at radius 2 is 1.96 bits per heavy atom. The number of nitrogens with zero attached hydrogens (tertiary/aromatic N) is 1. The van der Waals surface area contributed by atoms with Crippen LogP contribution < -0.4 is 25.4 Å². The Morgan fingerprint density at radius 3 is 2.62 bits per heavy atom. The molecule has 1 aromatic carbocycles. The van der Waals surface area contributed by atoms with Crippen LogP contribution in [0, 0.1) is 0 Å². The van der Waals surface area contributed by atoms with Crippen LogP contribution in [0.25, 0.3) is 0 Å². The van der Waals surface area contributed by atoms with Crippen LogP contribution in [0.2, 0.25) is 0 Å². The first-order valence-electron chi connectivity index (χ1n) is 8.01. The van der Waals surface area contributed by atoms with Gasteiger partial charge in [0, 0.05) is 12.6 Å². The van der Waals surface area contributed by atoms with Crippen LogP contribution >= 0.6 is 0 Å². The molecule has 2 rings (SSSR count). The average Bonchev–Trinajstić information content (AvgIpc) is 2.53. The molecule has 1 atom stereocenters. The lowest BCUT2D eigenvalue weighted by Crippen LogP contribution is -2.50. The van der Waals surface area contributed by atoms with E-state index in [2.05, 4.69) is 20.9 Å². The van der Waals surface area contributed by atoms with Crippen LogP contribution in [-0.2, 0) is 4.79 Å². The van der Waals surface area contributed by atoms with Crippen LogP contribution in [0.4, 0.5) is 0 Å². The van der Waals surface area contributed by atoms with Crippen molar-refractivity contribution < 1.29 is 14.3 Å². The minimum atomic E-state index is -0.254. The van der Waals surface area contributed by atoms with Crippen LogP contribution in [-0.4, -0.2) is 50.3 Å². The Labute approximate surface area is 142 Å². The third-order valence-corrected chi connectivity index (χ3v) is 3.22. The molecule has 0 saturated heterocycles. The van der Waals surface area contributed by atoms with Crippen molar-refractivity contribution in [1.29, 1.82) is 0 Å². The maximum atomic E-state index is 11.8. The number of benzene rings is 1. The Kier molecular flexibility index (Phi) is 5.89. The zero-order valence-electron chi connectivity index (χ0n) is 14.7. The van der Waals surface area contributed by atoms with E-state index in [1.54, 1.807) is 7.05 Å². The number of nitrogens with one attached hydrogen (secondary N) is 3. The normalized spacial score (nSPS) is 17.2. The Balaban J connectivity index is 1.75. The highest BCUT2D eigenvalue weighted by molar-refractivity contribution is 5.86. The fourth-order valence-electron chi connectivity index (χ4n) is 2.22. The Morgan fingerprint density at radius 1 is 1.25 bits per heavy atom. The minimum Gasteiger partial charge on any atom is -0.486 e. The summed E-state index contributed by atoms with van der Waals surface area (Å²) in [6.45, 7) is 6.96. The fraction of sp³-hybridized carbons (Fsp3) is 0.529. The number of hydrogen-bond acceptors (Lipinski definition) is 4. The number of para-hydroxylation sites is 2. The molecule has 0 spiro atoms. The highest BCUT2D eigenvalue weighted by Crippen LogP contribution is 2.30. The Hall–Kier alpha value is -2.44. The highest BCUT2D eigenvalue weighted by Gasteiger charge is 2.21. The summed E-state index contributed by atoms with van der Waals surface area (Å²) < 4.78 is 11.5. The maximum Gasteiger partial charge on any atom is 0.239 e. The lowest BCUT2D eigenvalue weighted by molar-refractivity contribution is -0.121. The highest BCUT2D eigenvalue weighted by atomic mass is 16.6. The van der Waals surface area contributed by atoms with E-state index in [4.69, 9.17) is 9.47 Å². The molecular weight excluding hydrogens is 308 g/mol. The number of aliphatic imine (C=N–C) groups is 1. The molecule has 1 unspecified atom stereocenters. The van der Waals surface area contributed by atoms with E-state index < -0.39 is 0 Å². The summed E-state index contributed by atoms with van der Waals surface area (Å²) in [5, 5.41) is 9.01. The minimum absolute atomic E-state index is 0.0865. The summed E-state index contributed by atoms with van der Waals surface area (Å²) in [7, 11) is 1.66. The number of ether oxygens (including phenoxy) is 2. The van der Waals surface area contributed by atoms with E-state index in [1.807, 2.05) is 45.0 Å². The van der Waals surface area contributed by atoms with Gasteiger partial charge in [0.05, 0.1) is 13.1 Å². The molecule has 1 amide bonds. The molecule has 0 bridgehead atoms. The van der Waals surface area contributed by atoms with Gasteiger partial charge >= 0.3 is 0 Å². The third-order valence-electron chi connectivity index (χ3n) is 3.22. The summed E-state index contributed by atoms with van der Waals surface area (Å²) in [4.78, 5) is 15.9. The number of rotatable bonds is 4. The molecule has 0 radical (unpaired) electrons. The average molecular weight is 334 g/mol. The van der Waals surface area contributed by atoms with Gasteiger partial charge in [-0.3, -0.25) is 9.79 Å². The van der Waals surface area contributed by atoms with E-state index in [9.17, 15) is 4.79 Å². The molecule has 0 fully saturated rings. The van der Waals surface area contributed by atoms with E-state index in [0.29, 0.717) is 19.1 Å². The predicted octanol–water partition coefficient (Wildman–Crippen LogP) is 0.906. The second-order valence-electron chi connectivity index (χ2n) is 6.60. The first-order valence-corrected chi connectivity index (χ1v) is 8.01. The zero-order chi connectivity index (χ0) is 17.6. The molecular formula is C17H26N4O3. The van der Waals surface area contributed by atoms with E-state index in [-0.39, 0.29) is 24.1 Å². The first-order chi connectivity index (χ1) is 11.4. The van der Waals surface area contributed by atoms with Crippen molar-refractivity contribution in [2.24, 2.45) is 4.99 Å². The van der Waals surface area contributed by atoms with E-state index in [0.717, 1.165) is 11.5 Å². The maximum absolute atomic E-state index is 11.8. The van der Waals surface area contributed by atoms with Crippen molar-refractivity contribution >= 4 is 11.9 Å².